The predicted molar refractivity (Wildman–Crippen MR) is 71.7 cm³/mol. The second-order valence-corrected chi connectivity index (χ2v) is 4.94. The van der Waals surface area contributed by atoms with Gasteiger partial charge in [-0.2, -0.15) is 22.0 Å². The molecule has 134 valence electrons. The molecule has 0 N–H and O–H groups in total. The molecule has 1 unspecified atom stereocenters. The van der Waals surface area contributed by atoms with Crippen LogP contribution in [0.3, 0.4) is 0 Å². The molecule has 0 aromatic carbocycles. The lowest BCUT2D eigenvalue weighted by Crippen LogP contribution is -2.51. The summed E-state index contributed by atoms with van der Waals surface area (Å²) in [5.74, 6) is -0.869. The average molecular weight is 356 g/mol. The fourth-order valence-electron chi connectivity index (χ4n) is 1.64. The number of ether oxygens (including phenoxy) is 1. The maximum atomic E-state index is 13.3. The van der Waals surface area contributed by atoms with Crippen LogP contribution in [-0.4, -0.2) is 27.9 Å². The van der Waals surface area contributed by atoms with E-state index >= 15 is 0 Å². The summed E-state index contributed by atoms with van der Waals surface area (Å²) in [6, 6.07) is -6.39. The molecule has 0 aliphatic carbocycles. The fraction of sp³-hybridized carbons (Fsp3) is 0.462. The SMILES string of the molecule is C=C(C)C(=O)OCC(C)n1c(=O)ccn(C(F)(F)C(F)(F)F)c1=O. The van der Waals surface area contributed by atoms with Gasteiger partial charge in [0.1, 0.15) is 6.61 Å². The maximum Gasteiger partial charge on any atom is 0.475 e. The summed E-state index contributed by atoms with van der Waals surface area (Å²) in [6.45, 7) is 5.15. The first-order valence-corrected chi connectivity index (χ1v) is 6.42. The highest BCUT2D eigenvalue weighted by Crippen LogP contribution is 2.38. The van der Waals surface area contributed by atoms with Crippen molar-refractivity contribution >= 4 is 5.97 Å². The van der Waals surface area contributed by atoms with E-state index in [-0.39, 0.29) is 16.3 Å². The molecule has 0 aliphatic heterocycles. The highest BCUT2D eigenvalue weighted by Gasteiger charge is 2.60. The highest BCUT2D eigenvalue weighted by atomic mass is 19.4. The van der Waals surface area contributed by atoms with Crippen LogP contribution in [0.4, 0.5) is 22.0 Å². The molecule has 1 atom stereocenters. The van der Waals surface area contributed by atoms with E-state index in [9.17, 15) is 36.3 Å². The standard InChI is InChI=1S/C13H13F5N2O4/c1-7(2)10(22)24-6-8(3)20-9(21)4-5-19(11(20)23)13(17,18)12(14,15)16/h4-5,8H,1,6H2,2-3H3. The van der Waals surface area contributed by atoms with Crippen LogP contribution >= 0.6 is 0 Å². The number of esters is 1. The largest absolute Gasteiger partial charge is 0.475 e. The summed E-state index contributed by atoms with van der Waals surface area (Å²) in [5, 5.41) is 0. The number of halogens is 5. The van der Waals surface area contributed by atoms with E-state index in [1.54, 1.807) is 0 Å². The molecule has 1 aromatic heterocycles. The lowest BCUT2D eigenvalue weighted by atomic mass is 10.3. The molecule has 1 aromatic rings. The highest BCUT2D eigenvalue weighted by molar-refractivity contribution is 5.86. The Morgan fingerprint density at radius 2 is 1.83 bits per heavy atom. The number of hydrogen-bond acceptors (Lipinski definition) is 4. The van der Waals surface area contributed by atoms with Crippen LogP contribution < -0.4 is 11.2 Å². The van der Waals surface area contributed by atoms with Gasteiger partial charge in [-0.3, -0.25) is 9.36 Å². The summed E-state index contributed by atoms with van der Waals surface area (Å²) in [4.78, 5) is 34.8. The summed E-state index contributed by atoms with van der Waals surface area (Å²) in [5.41, 5.74) is -3.00. The summed E-state index contributed by atoms with van der Waals surface area (Å²) >= 11 is 0. The fourth-order valence-corrected chi connectivity index (χ4v) is 1.64. The Morgan fingerprint density at radius 1 is 1.29 bits per heavy atom. The van der Waals surface area contributed by atoms with Gasteiger partial charge in [0.2, 0.25) is 0 Å². The molecule has 1 heterocycles. The lowest BCUT2D eigenvalue weighted by Gasteiger charge is -2.23. The average Bonchev–Trinajstić information content (AvgIpc) is 2.42. The molecule has 0 saturated carbocycles. The zero-order valence-corrected chi connectivity index (χ0v) is 12.6. The van der Waals surface area contributed by atoms with Gasteiger partial charge in [0.05, 0.1) is 6.04 Å². The molecular weight excluding hydrogens is 343 g/mol. The zero-order chi connectivity index (χ0) is 18.9. The normalized spacial score (nSPS) is 13.5. The molecule has 24 heavy (non-hydrogen) atoms. The number of carbonyl (C=O) groups is 1. The molecule has 0 bridgehead atoms. The van der Waals surface area contributed by atoms with Crippen molar-refractivity contribution in [2.45, 2.75) is 32.1 Å². The van der Waals surface area contributed by atoms with Crippen LogP contribution in [0.1, 0.15) is 19.9 Å². The van der Waals surface area contributed by atoms with Gasteiger partial charge in [0.15, 0.2) is 0 Å². The minimum Gasteiger partial charge on any atom is -0.460 e. The van der Waals surface area contributed by atoms with Crippen LogP contribution in [0.2, 0.25) is 0 Å². The maximum absolute atomic E-state index is 13.3. The van der Waals surface area contributed by atoms with Gasteiger partial charge in [-0.15, -0.1) is 0 Å². The Kier molecular flexibility index (Phi) is 5.36. The Labute approximate surface area is 131 Å². The van der Waals surface area contributed by atoms with Gasteiger partial charge in [0, 0.05) is 17.8 Å². The van der Waals surface area contributed by atoms with Crippen molar-refractivity contribution in [3.8, 4) is 0 Å². The molecule has 0 amide bonds. The molecular formula is C13H13F5N2O4. The zero-order valence-electron chi connectivity index (χ0n) is 12.6. The van der Waals surface area contributed by atoms with Gasteiger partial charge in [0.25, 0.3) is 5.56 Å². The number of carbonyl (C=O) groups excluding carboxylic acids is 1. The van der Waals surface area contributed by atoms with Crippen LogP contribution in [0.15, 0.2) is 34.0 Å². The van der Waals surface area contributed by atoms with E-state index in [4.69, 9.17) is 0 Å². The molecule has 1 rings (SSSR count). The second-order valence-electron chi connectivity index (χ2n) is 4.94. The molecule has 0 saturated heterocycles. The van der Waals surface area contributed by atoms with Crippen LogP contribution in [0, 0.1) is 0 Å². The smallest absolute Gasteiger partial charge is 0.460 e. The van der Waals surface area contributed by atoms with Gasteiger partial charge in [-0.05, 0) is 13.8 Å². The summed E-state index contributed by atoms with van der Waals surface area (Å²) in [6.07, 6.45) is -5.98. The van der Waals surface area contributed by atoms with Crippen molar-refractivity contribution in [3.05, 3.63) is 45.3 Å². The van der Waals surface area contributed by atoms with E-state index in [0.29, 0.717) is 6.07 Å². The second kappa shape index (κ2) is 6.57. The monoisotopic (exact) mass is 356 g/mol. The Balaban J connectivity index is 3.29. The number of alkyl halides is 5. The Bertz CT molecular complexity index is 763. The predicted octanol–water partition coefficient (Wildman–Crippen LogP) is 1.80. The van der Waals surface area contributed by atoms with Crippen molar-refractivity contribution < 1.29 is 31.5 Å². The molecule has 0 radical (unpaired) electrons. The van der Waals surface area contributed by atoms with Gasteiger partial charge in [-0.25, -0.2) is 14.2 Å². The third-order valence-corrected chi connectivity index (χ3v) is 2.90. The van der Waals surface area contributed by atoms with Crippen molar-refractivity contribution in [1.82, 2.24) is 9.13 Å². The van der Waals surface area contributed by atoms with Crippen LogP contribution in [0.25, 0.3) is 0 Å². The molecule has 11 heteroatoms. The van der Waals surface area contributed by atoms with Crippen molar-refractivity contribution in [1.29, 1.82) is 0 Å². The molecule has 0 spiro atoms. The van der Waals surface area contributed by atoms with Crippen molar-refractivity contribution in [2.75, 3.05) is 6.61 Å². The number of aromatic nitrogens is 2. The summed E-state index contributed by atoms with van der Waals surface area (Å²) in [7, 11) is 0. The van der Waals surface area contributed by atoms with E-state index in [1.165, 1.54) is 6.92 Å². The van der Waals surface area contributed by atoms with Crippen molar-refractivity contribution in [3.63, 3.8) is 0 Å². The first kappa shape index (κ1) is 19.6. The minimum absolute atomic E-state index is 0.00336. The third-order valence-electron chi connectivity index (χ3n) is 2.90. The van der Waals surface area contributed by atoms with E-state index < -0.39 is 46.7 Å². The molecule has 0 aliphatic rings. The van der Waals surface area contributed by atoms with Gasteiger partial charge < -0.3 is 4.74 Å². The minimum atomic E-state index is -6.03. The molecule has 6 nitrogen and oxygen atoms in total. The van der Waals surface area contributed by atoms with Crippen molar-refractivity contribution in [2.24, 2.45) is 0 Å². The number of hydrogen-bond donors (Lipinski definition) is 0. The topological polar surface area (TPSA) is 70.3 Å². The lowest BCUT2D eigenvalue weighted by molar-refractivity contribution is -0.325. The number of rotatable bonds is 5. The number of nitrogens with zero attached hydrogens (tertiary/aromatic N) is 2. The van der Waals surface area contributed by atoms with Crippen LogP contribution in [0.5, 0.6) is 0 Å². The summed E-state index contributed by atoms with van der Waals surface area (Å²) < 4.78 is 67.8. The van der Waals surface area contributed by atoms with E-state index in [1.807, 2.05) is 0 Å². The quantitative estimate of drug-likeness (QED) is 0.458. The molecule has 0 fully saturated rings. The first-order chi connectivity index (χ1) is 10.8. The van der Waals surface area contributed by atoms with E-state index in [2.05, 4.69) is 11.3 Å². The Hall–Kier alpha value is -2.46. The Morgan fingerprint density at radius 3 is 2.29 bits per heavy atom. The van der Waals surface area contributed by atoms with Gasteiger partial charge >= 0.3 is 23.9 Å². The van der Waals surface area contributed by atoms with Gasteiger partial charge in [-0.1, -0.05) is 6.58 Å². The first-order valence-electron chi connectivity index (χ1n) is 6.42. The van der Waals surface area contributed by atoms with E-state index in [0.717, 1.165) is 6.92 Å². The third kappa shape index (κ3) is 3.71. The van der Waals surface area contributed by atoms with Crippen LogP contribution in [-0.2, 0) is 15.6 Å².